The number of thiazole rings is 1. The minimum atomic E-state index is -0.187. The van der Waals surface area contributed by atoms with Crippen molar-refractivity contribution in [3.8, 4) is 0 Å². The number of hydrogen-bond donors (Lipinski definition) is 1. The first-order valence-electron chi connectivity index (χ1n) is 6.21. The molecule has 1 aliphatic rings. The van der Waals surface area contributed by atoms with Crippen molar-refractivity contribution in [2.24, 2.45) is 0 Å². The molecule has 0 bridgehead atoms. The number of nitrogens with one attached hydrogen (secondary N) is 1. The van der Waals surface area contributed by atoms with E-state index in [1.54, 1.807) is 23.5 Å². The van der Waals surface area contributed by atoms with Crippen molar-refractivity contribution >= 4 is 34.0 Å². The number of halogens is 2. The number of fused-ring (bicyclic) bond motifs is 1. The molecule has 0 spiro atoms. The molecule has 1 aliphatic heterocycles. The number of aromatic nitrogens is 1. The highest BCUT2D eigenvalue weighted by atomic mass is 35.5. The predicted molar refractivity (Wildman–Crippen MR) is 79.6 cm³/mol. The lowest BCUT2D eigenvalue weighted by Gasteiger charge is -2.31. The SMILES string of the molecule is C[C@H]1CN(Cc2nc3ccc(F)cc3s2)CCN1.Cl. The second-order valence-electron chi connectivity index (χ2n) is 4.81. The maximum Gasteiger partial charge on any atom is 0.124 e. The summed E-state index contributed by atoms with van der Waals surface area (Å²) in [6, 6.07) is 5.33. The van der Waals surface area contributed by atoms with Crippen LogP contribution in [0.3, 0.4) is 0 Å². The first-order valence-corrected chi connectivity index (χ1v) is 7.03. The van der Waals surface area contributed by atoms with Crippen molar-refractivity contribution in [2.45, 2.75) is 19.5 Å². The molecule has 1 N–H and O–H groups in total. The molecule has 0 radical (unpaired) electrons. The average Bonchev–Trinajstić information content (AvgIpc) is 2.70. The van der Waals surface area contributed by atoms with Crippen molar-refractivity contribution in [1.82, 2.24) is 15.2 Å². The first-order chi connectivity index (χ1) is 8.70. The third-order valence-corrected chi connectivity index (χ3v) is 4.21. The zero-order valence-corrected chi connectivity index (χ0v) is 12.4. The Labute approximate surface area is 122 Å². The van der Waals surface area contributed by atoms with Gasteiger partial charge >= 0.3 is 0 Å². The normalized spacial score (nSPS) is 20.4. The Balaban J connectivity index is 0.00000133. The monoisotopic (exact) mass is 301 g/mol. The first kappa shape index (κ1) is 14.7. The summed E-state index contributed by atoms with van der Waals surface area (Å²) in [5, 5.41) is 4.50. The fourth-order valence-corrected chi connectivity index (χ4v) is 3.40. The van der Waals surface area contributed by atoms with Gasteiger partial charge in [0, 0.05) is 25.7 Å². The fourth-order valence-electron chi connectivity index (χ4n) is 2.36. The molecule has 1 saturated heterocycles. The second-order valence-corrected chi connectivity index (χ2v) is 5.93. The van der Waals surface area contributed by atoms with Crippen LogP contribution in [0.1, 0.15) is 11.9 Å². The van der Waals surface area contributed by atoms with Crippen molar-refractivity contribution in [3.63, 3.8) is 0 Å². The lowest BCUT2D eigenvalue weighted by Crippen LogP contribution is -2.48. The Morgan fingerprint density at radius 1 is 1.53 bits per heavy atom. The van der Waals surface area contributed by atoms with Gasteiger partial charge in [-0.25, -0.2) is 9.37 Å². The Morgan fingerprint density at radius 3 is 3.16 bits per heavy atom. The smallest absolute Gasteiger partial charge is 0.124 e. The summed E-state index contributed by atoms with van der Waals surface area (Å²) in [7, 11) is 0. The molecule has 2 aromatic rings. The van der Waals surface area contributed by atoms with Crippen LogP contribution in [0.5, 0.6) is 0 Å². The van der Waals surface area contributed by atoms with Gasteiger partial charge in [0.05, 0.1) is 16.8 Å². The molecule has 2 heterocycles. The van der Waals surface area contributed by atoms with Gasteiger partial charge in [0.25, 0.3) is 0 Å². The highest BCUT2D eigenvalue weighted by molar-refractivity contribution is 7.18. The van der Waals surface area contributed by atoms with Crippen LogP contribution in [-0.2, 0) is 6.54 Å². The van der Waals surface area contributed by atoms with Crippen molar-refractivity contribution in [1.29, 1.82) is 0 Å². The van der Waals surface area contributed by atoms with Gasteiger partial charge in [-0.3, -0.25) is 4.90 Å². The van der Waals surface area contributed by atoms with Crippen LogP contribution in [-0.4, -0.2) is 35.6 Å². The molecule has 3 rings (SSSR count). The van der Waals surface area contributed by atoms with E-state index in [9.17, 15) is 4.39 Å². The molecule has 0 aliphatic carbocycles. The third kappa shape index (κ3) is 3.42. The Bertz CT molecular complexity index is 560. The lowest BCUT2D eigenvalue weighted by atomic mass is 10.2. The van der Waals surface area contributed by atoms with Crippen LogP contribution in [0.4, 0.5) is 4.39 Å². The van der Waals surface area contributed by atoms with Gasteiger partial charge in [-0.15, -0.1) is 23.7 Å². The molecular weight excluding hydrogens is 285 g/mol. The predicted octanol–water partition coefficient (Wildman–Crippen LogP) is 2.65. The van der Waals surface area contributed by atoms with Gasteiger partial charge < -0.3 is 5.32 Å². The fraction of sp³-hybridized carbons (Fsp3) is 0.462. The average molecular weight is 302 g/mol. The molecule has 19 heavy (non-hydrogen) atoms. The number of benzene rings is 1. The minimum Gasteiger partial charge on any atom is -0.312 e. The summed E-state index contributed by atoms with van der Waals surface area (Å²) in [6.07, 6.45) is 0. The zero-order valence-electron chi connectivity index (χ0n) is 10.7. The molecule has 0 saturated carbocycles. The molecule has 3 nitrogen and oxygen atoms in total. The summed E-state index contributed by atoms with van der Waals surface area (Å²) in [5.41, 5.74) is 0.902. The molecular formula is C13H17ClFN3S. The maximum absolute atomic E-state index is 13.1. The quantitative estimate of drug-likeness (QED) is 0.924. The lowest BCUT2D eigenvalue weighted by molar-refractivity contribution is 0.199. The summed E-state index contributed by atoms with van der Waals surface area (Å²) >= 11 is 1.59. The number of nitrogens with zero attached hydrogens (tertiary/aromatic N) is 2. The summed E-state index contributed by atoms with van der Waals surface area (Å²) in [5.74, 6) is -0.187. The van der Waals surface area contributed by atoms with Crippen molar-refractivity contribution in [2.75, 3.05) is 19.6 Å². The molecule has 104 valence electrons. The Hall–Kier alpha value is -0.750. The van der Waals surface area contributed by atoms with Crippen LogP contribution in [0, 0.1) is 5.82 Å². The van der Waals surface area contributed by atoms with Gasteiger partial charge in [-0.1, -0.05) is 0 Å². The topological polar surface area (TPSA) is 28.2 Å². The van der Waals surface area contributed by atoms with Gasteiger partial charge in [0.2, 0.25) is 0 Å². The van der Waals surface area contributed by atoms with Gasteiger partial charge in [0.15, 0.2) is 0 Å². The van der Waals surface area contributed by atoms with Crippen LogP contribution in [0.2, 0.25) is 0 Å². The number of piperazine rings is 1. The molecule has 0 unspecified atom stereocenters. The molecule has 1 aromatic carbocycles. The summed E-state index contributed by atoms with van der Waals surface area (Å²) in [4.78, 5) is 6.96. The highest BCUT2D eigenvalue weighted by Gasteiger charge is 2.17. The van der Waals surface area contributed by atoms with Crippen LogP contribution in [0.25, 0.3) is 10.2 Å². The second kappa shape index (κ2) is 6.13. The largest absolute Gasteiger partial charge is 0.312 e. The molecule has 0 amide bonds. The van der Waals surface area contributed by atoms with Crippen LogP contribution in [0.15, 0.2) is 18.2 Å². The van der Waals surface area contributed by atoms with Crippen LogP contribution >= 0.6 is 23.7 Å². The molecule has 6 heteroatoms. The van der Waals surface area contributed by atoms with E-state index < -0.39 is 0 Å². The van der Waals surface area contributed by atoms with E-state index in [4.69, 9.17) is 0 Å². The van der Waals surface area contributed by atoms with E-state index in [1.165, 1.54) is 6.07 Å². The van der Waals surface area contributed by atoms with Crippen LogP contribution < -0.4 is 5.32 Å². The standard InChI is InChI=1S/C13H16FN3S.ClH/c1-9-7-17(5-4-15-9)8-13-16-11-3-2-10(14)6-12(11)18-13;/h2-3,6,9,15H,4-5,7-8H2,1H3;1H/t9-;/m0./s1. The minimum absolute atomic E-state index is 0. The van der Waals surface area contributed by atoms with E-state index in [2.05, 4.69) is 22.1 Å². The zero-order chi connectivity index (χ0) is 12.5. The molecule has 1 fully saturated rings. The Kier molecular flexibility index (Phi) is 4.73. The van der Waals surface area contributed by atoms with Crippen molar-refractivity contribution < 1.29 is 4.39 Å². The van der Waals surface area contributed by atoms with E-state index in [0.717, 1.165) is 41.4 Å². The summed E-state index contributed by atoms with van der Waals surface area (Å²) < 4.78 is 14.1. The third-order valence-electron chi connectivity index (χ3n) is 3.21. The maximum atomic E-state index is 13.1. The highest BCUT2D eigenvalue weighted by Crippen LogP contribution is 2.24. The van der Waals surface area contributed by atoms with E-state index in [1.807, 2.05) is 0 Å². The van der Waals surface area contributed by atoms with Crippen molar-refractivity contribution in [3.05, 3.63) is 29.0 Å². The van der Waals surface area contributed by atoms with E-state index in [0.29, 0.717) is 6.04 Å². The van der Waals surface area contributed by atoms with Gasteiger partial charge in [-0.2, -0.15) is 0 Å². The Morgan fingerprint density at radius 2 is 2.37 bits per heavy atom. The van der Waals surface area contributed by atoms with E-state index >= 15 is 0 Å². The number of rotatable bonds is 2. The molecule has 1 aromatic heterocycles. The van der Waals surface area contributed by atoms with E-state index in [-0.39, 0.29) is 18.2 Å². The van der Waals surface area contributed by atoms with Gasteiger partial charge in [0.1, 0.15) is 10.8 Å². The number of hydrogen-bond acceptors (Lipinski definition) is 4. The van der Waals surface area contributed by atoms with Gasteiger partial charge in [-0.05, 0) is 25.1 Å². The molecule has 1 atom stereocenters. The summed E-state index contributed by atoms with van der Waals surface area (Å²) in [6.45, 7) is 6.19.